The third-order valence-corrected chi connectivity index (χ3v) is 4.76. The molecule has 1 aliphatic heterocycles. The number of fused-ring (bicyclic) bond motifs is 1. The van der Waals surface area contributed by atoms with Gasteiger partial charge in [-0.15, -0.1) is 0 Å². The lowest BCUT2D eigenvalue weighted by atomic mass is 10.2. The second kappa shape index (κ2) is 12.3. The fourth-order valence-electron chi connectivity index (χ4n) is 3.26. The topological polar surface area (TPSA) is 125 Å². The van der Waals surface area contributed by atoms with E-state index < -0.39 is 0 Å². The molecule has 0 bridgehead atoms. The number of para-hydroxylation sites is 1. The van der Waals surface area contributed by atoms with E-state index in [4.69, 9.17) is 15.2 Å². The Morgan fingerprint density at radius 1 is 1.30 bits per heavy atom. The van der Waals surface area contributed by atoms with Gasteiger partial charge >= 0.3 is 0 Å². The number of nitrogens with two attached hydrogens (primary N) is 1. The Balaban J connectivity index is 1.75. The van der Waals surface area contributed by atoms with Gasteiger partial charge < -0.3 is 25.1 Å². The van der Waals surface area contributed by atoms with E-state index in [1.807, 2.05) is 35.4 Å². The molecule has 0 saturated heterocycles. The number of aromatic nitrogens is 1. The first-order chi connectivity index (χ1) is 16.1. The van der Waals surface area contributed by atoms with Crippen LogP contribution in [-0.4, -0.2) is 66.8 Å². The average molecular weight is 453 g/mol. The van der Waals surface area contributed by atoms with Crippen molar-refractivity contribution in [2.75, 3.05) is 32.8 Å². The number of guanidine groups is 2. The number of aromatic amines is 1. The maximum atomic E-state index is 6.27. The van der Waals surface area contributed by atoms with Crippen LogP contribution in [0.5, 0.6) is 0 Å². The van der Waals surface area contributed by atoms with E-state index in [0.29, 0.717) is 25.0 Å². The summed E-state index contributed by atoms with van der Waals surface area (Å²) in [6.07, 6.45) is 5.49. The first-order valence-electron chi connectivity index (χ1n) is 11.1. The van der Waals surface area contributed by atoms with Gasteiger partial charge in [0.1, 0.15) is 6.61 Å². The van der Waals surface area contributed by atoms with E-state index in [-0.39, 0.29) is 18.4 Å². The number of nitrogens with zero attached hydrogens (tertiary/aromatic N) is 5. The molecule has 2 aromatic rings. The number of benzene rings is 1. The summed E-state index contributed by atoms with van der Waals surface area (Å²) in [4.78, 5) is 18.2. The van der Waals surface area contributed by atoms with Gasteiger partial charge in [0.2, 0.25) is 17.7 Å². The normalized spacial score (nSPS) is 14.4. The number of aliphatic imine (C=N–C) groups is 3. The third kappa shape index (κ3) is 7.09. The molecule has 4 N–H and O–H groups in total. The van der Waals surface area contributed by atoms with E-state index in [1.54, 1.807) is 6.21 Å². The standard InChI is InChI=1S/C23H32N8O2/c1-4-11-31(12-5-2)22(24)29-23(28-17(3)33-16-21-25-10-13-32-21)30-27-15-18-14-26-20-9-7-6-8-19(18)20/h6-9,14-15,26H,3-5,10-13,16H2,1-2H3,(H3,24,28,29,30)/b27-15+. The number of rotatable bonds is 10. The molecule has 1 aromatic heterocycles. The van der Waals surface area contributed by atoms with Crippen molar-refractivity contribution in [3.63, 3.8) is 0 Å². The molecular formula is C23H32N8O2. The maximum absolute atomic E-state index is 6.27. The molecule has 33 heavy (non-hydrogen) atoms. The van der Waals surface area contributed by atoms with Crippen LogP contribution in [0.1, 0.15) is 32.3 Å². The van der Waals surface area contributed by atoms with Crippen LogP contribution in [0.3, 0.4) is 0 Å². The second-order valence-electron chi connectivity index (χ2n) is 7.36. The highest BCUT2D eigenvalue weighted by molar-refractivity contribution is 6.00. The SMILES string of the molecule is C=C(N=C(N=C(N)N(CCC)CCC)N/N=C/c1c[nH]c2ccccc12)OCC1=NCCO1. The summed E-state index contributed by atoms with van der Waals surface area (Å²) in [7, 11) is 0. The highest BCUT2D eigenvalue weighted by Crippen LogP contribution is 2.15. The molecule has 1 aromatic carbocycles. The monoisotopic (exact) mass is 452 g/mol. The Hall–Kier alpha value is -3.82. The van der Waals surface area contributed by atoms with Crippen molar-refractivity contribution in [2.24, 2.45) is 25.8 Å². The lowest BCUT2D eigenvalue weighted by Crippen LogP contribution is -2.40. The van der Waals surface area contributed by atoms with Crippen LogP contribution in [0.2, 0.25) is 0 Å². The third-order valence-electron chi connectivity index (χ3n) is 4.76. The Bertz CT molecular complexity index is 1050. The zero-order chi connectivity index (χ0) is 23.5. The summed E-state index contributed by atoms with van der Waals surface area (Å²) in [6.45, 7) is 11.0. The lowest BCUT2D eigenvalue weighted by Gasteiger charge is -2.22. The van der Waals surface area contributed by atoms with Crippen molar-refractivity contribution in [3.05, 3.63) is 48.5 Å². The Morgan fingerprint density at radius 3 is 2.82 bits per heavy atom. The van der Waals surface area contributed by atoms with Crippen LogP contribution in [-0.2, 0) is 9.47 Å². The van der Waals surface area contributed by atoms with E-state index in [1.165, 1.54) is 0 Å². The molecule has 2 heterocycles. The number of hydrogen-bond acceptors (Lipinski definition) is 5. The van der Waals surface area contributed by atoms with Gasteiger partial charge in [0.25, 0.3) is 0 Å². The molecule has 1 aliphatic rings. The molecule has 0 unspecified atom stereocenters. The zero-order valence-corrected chi connectivity index (χ0v) is 19.3. The molecule has 0 fully saturated rings. The van der Waals surface area contributed by atoms with Crippen molar-refractivity contribution < 1.29 is 9.47 Å². The molecule has 10 heteroatoms. The van der Waals surface area contributed by atoms with Gasteiger partial charge in [0.05, 0.1) is 12.8 Å². The Morgan fingerprint density at radius 2 is 2.09 bits per heavy atom. The van der Waals surface area contributed by atoms with Gasteiger partial charge in [-0.2, -0.15) is 15.1 Å². The first-order valence-corrected chi connectivity index (χ1v) is 11.1. The Labute approximate surface area is 194 Å². The number of hydrogen-bond donors (Lipinski definition) is 3. The van der Waals surface area contributed by atoms with Crippen molar-refractivity contribution in [1.29, 1.82) is 0 Å². The quantitative estimate of drug-likeness (QED) is 0.221. The van der Waals surface area contributed by atoms with Gasteiger partial charge in [-0.25, -0.2) is 10.4 Å². The van der Waals surface area contributed by atoms with Crippen molar-refractivity contribution in [1.82, 2.24) is 15.3 Å². The number of nitrogens with one attached hydrogen (secondary N) is 2. The van der Waals surface area contributed by atoms with Crippen molar-refractivity contribution in [3.8, 4) is 0 Å². The number of hydrazone groups is 1. The van der Waals surface area contributed by atoms with Gasteiger partial charge in [-0.1, -0.05) is 32.0 Å². The molecule has 176 valence electrons. The minimum Gasteiger partial charge on any atom is -0.477 e. The summed E-state index contributed by atoms with van der Waals surface area (Å²) in [5.41, 5.74) is 11.1. The second-order valence-corrected chi connectivity index (χ2v) is 7.36. The molecule has 0 aliphatic carbocycles. The molecule has 0 amide bonds. The van der Waals surface area contributed by atoms with Crippen molar-refractivity contribution >= 4 is 34.9 Å². The summed E-state index contributed by atoms with van der Waals surface area (Å²) >= 11 is 0. The fourth-order valence-corrected chi connectivity index (χ4v) is 3.26. The number of H-pyrrole nitrogens is 1. The molecule has 0 saturated carbocycles. The van der Waals surface area contributed by atoms with Crippen LogP contribution < -0.4 is 11.2 Å². The van der Waals surface area contributed by atoms with E-state index in [2.05, 4.69) is 50.9 Å². The van der Waals surface area contributed by atoms with E-state index in [0.717, 1.165) is 42.4 Å². The molecular weight excluding hydrogens is 420 g/mol. The molecule has 0 atom stereocenters. The largest absolute Gasteiger partial charge is 0.477 e. The average Bonchev–Trinajstić information content (AvgIpc) is 3.48. The summed E-state index contributed by atoms with van der Waals surface area (Å²) in [6, 6.07) is 7.99. The van der Waals surface area contributed by atoms with Crippen LogP contribution in [0.4, 0.5) is 0 Å². The molecule has 3 rings (SSSR count). The van der Waals surface area contributed by atoms with Crippen molar-refractivity contribution in [2.45, 2.75) is 26.7 Å². The first kappa shape index (κ1) is 23.8. The van der Waals surface area contributed by atoms with Crippen LogP contribution >= 0.6 is 0 Å². The highest BCUT2D eigenvalue weighted by atomic mass is 16.5. The van der Waals surface area contributed by atoms with Gasteiger partial charge in [-0.05, 0) is 25.5 Å². The minimum absolute atomic E-state index is 0.145. The maximum Gasteiger partial charge on any atom is 0.250 e. The number of ether oxygens (including phenoxy) is 2. The molecule has 0 spiro atoms. The van der Waals surface area contributed by atoms with Gasteiger partial charge in [0, 0.05) is 35.8 Å². The van der Waals surface area contributed by atoms with Crippen LogP contribution in [0, 0.1) is 0 Å². The smallest absolute Gasteiger partial charge is 0.250 e. The zero-order valence-electron chi connectivity index (χ0n) is 19.3. The fraction of sp³-hybridized carbons (Fsp3) is 0.391. The molecule has 0 radical (unpaired) electrons. The van der Waals surface area contributed by atoms with Crippen LogP contribution in [0.15, 0.2) is 63.0 Å². The Kier molecular flexibility index (Phi) is 8.87. The molecule has 10 nitrogen and oxygen atoms in total. The van der Waals surface area contributed by atoms with E-state index in [9.17, 15) is 0 Å². The predicted molar refractivity (Wildman–Crippen MR) is 134 cm³/mol. The van der Waals surface area contributed by atoms with Gasteiger partial charge in [0.15, 0.2) is 12.6 Å². The van der Waals surface area contributed by atoms with Crippen LogP contribution in [0.25, 0.3) is 10.9 Å². The minimum atomic E-state index is 0.145. The lowest BCUT2D eigenvalue weighted by molar-refractivity contribution is 0.226. The predicted octanol–water partition coefficient (Wildman–Crippen LogP) is 2.80. The van der Waals surface area contributed by atoms with Gasteiger partial charge in [-0.3, -0.25) is 0 Å². The summed E-state index contributed by atoms with van der Waals surface area (Å²) in [5.74, 6) is 1.19. The highest BCUT2D eigenvalue weighted by Gasteiger charge is 2.10. The summed E-state index contributed by atoms with van der Waals surface area (Å²) < 4.78 is 10.9. The van der Waals surface area contributed by atoms with E-state index >= 15 is 0 Å². The summed E-state index contributed by atoms with van der Waals surface area (Å²) in [5, 5.41) is 5.37.